The Labute approximate surface area is 171 Å². The number of hydrogen-bond donors (Lipinski definition) is 2. The third-order valence-electron chi connectivity index (χ3n) is 5.16. The Balaban J connectivity index is 1.64. The van der Waals surface area contributed by atoms with Gasteiger partial charge in [-0.2, -0.15) is 0 Å². The summed E-state index contributed by atoms with van der Waals surface area (Å²) in [5.41, 5.74) is 4.58. The van der Waals surface area contributed by atoms with Gasteiger partial charge in [-0.15, -0.1) is 0 Å². The zero-order chi connectivity index (χ0) is 20.1. The van der Waals surface area contributed by atoms with E-state index in [2.05, 4.69) is 53.5 Å². The Morgan fingerprint density at radius 1 is 1.36 bits per heavy atom. The Hall–Kier alpha value is -2.24. The molecule has 2 aromatic rings. The van der Waals surface area contributed by atoms with E-state index in [4.69, 9.17) is 21.4 Å². The number of anilines is 1. The maximum Gasteiger partial charge on any atom is 0.506 e. The molecule has 2 aromatic carbocycles. The van der Waals surface area contributed by atoms with E-state index in [0.717, 1.165) is 42.2 Å². The largest absolute Gasteiger partial charge is 0.506 e. The van der Waals surface area contributed by atoms with Gasteiger partial charge in [0, 0.05) is 30.3 Å². The van der Waals surface area contributed by atoms with Gasteiger partial charge in [0.05, 0.1) is 6.04 Å². The monoisotopic (exact) mass is 402 g/mol. The van der Waals surface area contributed by atoms with Crippen molar-refractivity contribution in [1.29, 1.82) is 0 Å². The van der Waals surface area contributed by atoms with Crippen LogP contribution in [0, 0.1) is 6.92 Å². The van der Waals surface area contributed by atoms with Gasteiger partial charge < -0.3 is 15.2 Å². The molecule has 0 bridgehead atoms. The Bertz CT molecular complexity index is 827. The van der Waals surface area contributed by atoms with Crippen molar-refractivity contribution in [3.05, 3.63) is 64.2 Å². The van der Waals surface area contributed by atoms with Crippen LogP contribution in [0.25, 0.3) is 0 Å². The SMILES string of the molecule is CC[C@@H](Nc1cccc(CN2CC[C@H](OC(=O)O)C2)c1)c1ccc(Cl)c(C)c1. The van der Waals surface area contributed by atoms with Crippen molar-refractivity contribution in [2.45, 2.75) is 45.4 Å². The van der Waals surface area contributed by atoms with Crippen LogP contribution in [0.1, 0.15) is 42.5 Å². The lowest BCUT2D eigenvalue weighted by molar-refractivity contribution is 0.0548. The van der Waals surface area contributed by atoms with Crippen LogP contribution < -0.4 is 5.32 Å². The molecule has 6 heteroatoms. The number of hydrogen-bond acceptors (Lipinski definition) is 4. The normalized spacial score (nSPS) is 18.0. The number of rotatable bonds is 7. The Morgan fingerprint density at radius 3 is 2.89 bits per heavy atom. The van der Waals surface area contributed by atoms with E-state index < -0.39 is 6.16 Å². The number of nitrogens with one attached hydrogen (secondary N) is 1. The summed E-state index contributed by atoms with van der Waals surface area (Å²) in [6.07, 6.45) is 0.293. The van der Waals surface area contributed by atoms with Gasteiger partial charge in [0.25, 0.3) is 0 Å². The quantitative estimate of drug-likeness (QED) is 0.600. The molecule has 5 nitrogen and oxygen atoms in total. The minimum Gasteiger partial charge on any atom is -0.450 e. The first-order chi connectivity index (χ1) is 13.4. The molecule has 0 saturated carbocycles. The lowest BCUT2D eigenvalue weighted by atomic mass is 10.0. The van der Waals surface area contributed by atoms with Gasteiger partial charge in [-0.1, -0.05) is 42.8 Å². The van der Waals surface area contributed by atoms with E-state index in [0.29, 0.717) is 6.54 Å². The molecular formula is C22H27ClN2O3. The highest BCUT2D eigenvalue weighted by molar-refractivity contribution is 6.31. The van der Waals surface area contributed by atoms with Gasteiger partial charge in [0.1, 0.15) is 6.10 Å². The average molecular weight is 403 g/mol. The first-order valence-corrected chi connectivity index (χ1v) is 10.1. The van der Waals surface area contributed by atoms with Crippen LogP contribution in [-0.4, -0.2) is 35.4 Å². The van der Waals surface area contributed by atoms with Crippen LogP contribution in [0.5, 0.6) is 0 Å². The molecule has 1 aliphatic rings. The highest BCUT2D eigenvalue weighted by Gasteiger charge is 2.25. The van der Waals surface area contributed by atoms with Crippen molar-refractivity contribution in [1.82, 2.24) is 4.90 Å². The van der Waals surface area contributed by atoms with Crippen LogP contribution in [0.4, 0.5) is 10.5 Å². The topological polar surface area (TPSA) is 61.8 Å². The standard InChI is InChI=1S/C22H27ClN2O3/c1-3-21(17-7-8-20(23)15(2)11-17)24-18-6-4-5-16(12-18)13-25-10-9-19(14-25)28-22(26)27/h4-8,11-12,19,21,24H,3,9-10,13-14H2,1-2H3,(H,26,27)/t19-,21+/m0/s1. The molecule has 0 amide bonds. The van der Waals surface area contributed by atoms with Gasteiger partial charge in [-0.3, -0.25) is 4.90 Å². The molecule has 1 aliphatic heterocycles. The third kappa shape index (κ3) is 5.40. The maximum absolute atomic E-state index is 10.7. The predicted molar refractivity (Wildman–Crippen MR) is 112 cm³/mol. The molecular weight excluding hydrogens is 376 g/mol. The smallest absolute Gasteiger partial charge is 0.450 e. The second-order valence-corrected chi connectivity index (χ2v) is 7.75. The van der Waals surface area contributed by atoms with Crippen LogP contribution in [-0.2, 0) is 11.3 Å². The Morgan fingerprint density at radius 2 is 2.18 bits per heavy atom. The summed E-state index contributed by atoms with van der Waals surface area (Å²) in [5, 5.41) is 13.2. The van der Waals surface area contributed by atoms with E-state index in [1.54, 1.807) is 0 Å². The van der Waals surface area contributed by atoms with Crippen LogP contribution in [0.2, 0.25) is 5.02 Å². The van der Waals surface area contributed by atoms with Gasteiger partial charge in [0.15, 0.2) is 0 Å². The first kappa shape index (κ1) is 20.5. The minimum atomic E-state index is -1.19. The lowest BCUT2D eigenvalue weighted by Gasteiger charge is -2.21. The van der Waals surface area contributed by atoms with E-state index in [-0.39, 0.29) is 12.1 Å². The number of carbonyl (C=O) groups is 1. The number of benzene rings is 2. The van der Waals surface area contributed by atoms with E-state index in [1.165, 1.54) is 11.1 Å². The summed E-state index contributed by atoms with van der Waals surface area (Å²) in [4.78, 5) is 12.9. The fraction of sp³-hybridized carbons (Fsp3) is 0.409. The molecule has 0 unspecified atom stereocenters. The number of nitrogens with zero attached hydrogens (tertiary/aromatic N) is 1. The number of likely N-dealkylation sites (tertiary alicyclic amines) is 1. The summed E-state index contributed by atoms with van der Waals surface area (Å²) in [5.74, 6) is 0. The lowest BCUT2D eigenvalue weighted by Crippen LogP contribution is -2.24. The van der Waals surface area contributed by atoms with Crippen molar-refractivity contribution in [2.24, 2.45) is 0 Å². The molecule has 2 atom stereocenters. The molecule has 0 radical (unpaired) electrons. The van der Waals surface area contributed by atoms with Crippen molar-refractivity contribution in [3.63, 3.8) is 0 Å². The first-order valence-electron chi connectivity index (χ1n) is 9.68. The van der Waals surface area contributed by atoms with Crippen molar-refractivity contribution in [3.8, 4) is 0 Å². The summed E-state index contributed by atoms with van der Waals surface area (Å²) >= 11 is 6.16. The molecule has 1 heterocycles. The van der Waals surface area contributed by atoms with E-state index in [1.807, 2.05) is 13.0 Å². The molecule has 2 N–H and O–H groups in total. The summed E-state index contributed by atoms with van der Waals surface area (Å²) < 4.78 is 4.89. The highest BCUT2D eigenvalue weighted by Crippen LogP contribution is 2.27. The number of ether oxygens (including phenoxy) is 1. The highest BCUT2D eigenvalue weighted by atomic mass is 35.5. The molecule has 0 aromatic heterocycles. The molecule has 150 valence electrons. The maximum atomic E-state index is 10.7. The summed E-state index contributed by atoms with van der Waals surface area (Å²) in [6.45, 7) is 6.46. The number of aryl methyl sites for hydroxylation is 1. The van der Waals surface area contributed by atoms with Gasteiger partial charge in [0.2, 0.25) is 0 Å². The second kappa shape index (κ2) is 9.30. The second-order valence-electron chi connectivity index (χ2n) is 7.34. The summed E-state index contributed by atoms with van der Waals surface area (Å²) in [7, 11) is 0. The van der Waals surface area contributed by atoms with Crippen molar-refractivity contribution >= 4 is 23.4 Å². The number of halogens is 1. The Kier molecular flexibility index (Phi) is 6.81. The molecule has 28 heavy (non-hydrogen) atoms. The molecule has 1 fully saturated rings. The third-order valence-corrected chi connectivity index (χ3v) is 5.59. The van der Waals surface area contributed by atoms with Crippen LogP contribution in [0.3, 0.4) is 0 Å². The van der Waals surface area contributed by atoms with Crippen LogP contribution in [0.15, 0.2) is 42.5 Å². The van der Waals surface area contributed by atoms with E-state index in [9.17, 15) is 4.79 Å². The average Bonchev–Trinajstić information content (AvgIpc) is 3.08. The van der Waals surface area contributed by atoms with Gasteiger partial charge >= 0.3 is 6.16 Å². The minimum absolute atomic E-state index is 0.214. The fourth-order valence-corrected chi connectivity index (χ4v) is 3.82. The van der Waals surface area contributed by atoms with Gasteiger partial charge in [-0.05, 0) is 54.7 Å². The zero-order valence-electron chi connectivity index (χ0n) is 16.3. The fourth-order valence-electron chi connectivity index (χ4n) is 3.70. The molecule has 0 aliphatic carbocycles. The molecule has 0 spiro atoms. The van der Waals surface area contributed by atoms with Crippen molar-refractivity contribution in [2.75, 3.05) is 18.4 Å². The van der Waals surface area contributed by atoms with E-state index >= 15 is 0 Å². The van der Waals surface area contributed by atoms with Crippen molar-refractivity contribution < 1.29 is 14.6 Å². The van der Waals surface area contributed by atoms with Crippen LogP contribution >= 0.6 is 11.6 Å². The van der Waals surface area contributed by atoms with Gasteiger partial charge in [-0.25, -0.2) is 4.79 Å². The zero-order valence-corrected chi connectivity index (χ0v) is 17.1. The number of carboxylic acid groups (broad SMARTS) is 1. The summed E-state index contributed by atoms with van der Waals surface area (Å²) in [6, 6.07) is 14.8. The predicted octanol–water partition coefficient (Wildman–Crippen LogP) is 5.48. The molecule has 3 rings (SSSR count). The molecule has 1 saturated heterocycles.